The van der Waals surface area contributed by atoms with Crippen molar-refractivity contribution in [2.75, 3.05) is 11.4 Å². The number of amides is 1. The zero-order valence-electron chi connectivity index (χ0n) is 14.7. The van der Waals surface area contributed by atoms with Gasteiger partial charge in [-0.05, 0) is 30.3 Å². The van der Waals surface area contributed by atoms with E-state index < -0.39 is 0 Å². The van der Waals surface area contributed by atoms with Crippen molar-refractivity contribution in [3.05, 3.63) is 84.2 Å². The van der Waals surface area contributed by atoms with Gasteiger partial charge in [0.05, 0.1) is 11.4 Å². The van der Waals surface area contributed by atoms with E-state index in [0.29, 0.717) is 18.5 Å². The third kappa shape index (κ3) is 3.83. The molecule has 0 aromatic heterocycles. The molecule has 27 heavy (non-hydrogen) atoms. The van der Waals surface area contributed by atoms with Crippen LogP contribution in [0, 0.1) is 5.82 Å². The van der Waals surface area contributed by atoms with Crippen LogP contribution in [0.15, 0.2) is 82.6 Å². The van der Waals surface area contributed by atoms with Crippen molar-refractivity contribution in [1.29, 1.82) is 0 Å². The molecule has 3 nitrogen and oxygen atoms in total. The summed E-state index contributed by atoms with van der Waals surface area (Å²) in [5, 5.41) is 2.82. The maximum Gasteiger partial charge on any atom is 0.222 e. The van der Waals surface area contributed by atoms with Gasteiger partial charge in [-0.25, -0.2) is 4.39 Å². The SMILES string of the molecule is O=C(CCN1c2ccccc2Sc2ccccc21)NCc1ccccc1F. The normalized spacial score (nSPS) is 12.3. The molecule has 0 unspecified atom stereocenters. The number of carbonyl (C=O) groups is 1. The zero-order valence-corrected chi connectivity index (χ0v) is 15.5. The number of halogens is 1. The van der Waals surface area contributed by atoms with Crippen LogP contribution >= 0.6 is 11.8 Å². The maximum absolute atomic E-state index is 13.7. The number of hydrogen-bond donors (Lipinski definition) is 1. The van der Waals surface area contributed by atoms with Crippen molar-refractivity contribution in [2.45, 2.75) is 22.8 Å². The second-order valence-corrected chi connectivity index (χ2v) is 7.39. The Morgan fingerprint density at radius 3 is 2.15 bits per heavy atom. The summed E-state index contributed by atoms with van der Waals surface area (Å²) in [6.45, 7) is 0.770. The van der Waals surface area contributed by atoms with Gasteiger partial charge in [0.2, 0.25) is 5.91 Å². The molecule has 0 aliphatic carbocycles. The van der Waals surface area contributed by atoms with Crippen LogP contribution in [0.4, 0.5) is 15.8 Å². The summed E-state index contributed by atoms with van der Waals surface area (Å²) in [5.41, 5.74) is 2.72. The second kappa shape index (κ2) is 7.84. The summed E-state index contributed by atoms with van der Waals surface area (Å²) in [4.78, 5) is 16.9. The van der Waals surface area contributed by atoms with Crippen LogP contribution in [0.3, 0.4) is 0 Å². The molecule has 1 amide bonds. The van der Waals surface area contributed by atoms with Gasteiger partial charge in [0.25, 0.3) is 0 Å². The number of benzene rings is 3. The minimum atomic E-state index is -0.297. The summed E-state index contributed by atoms with van der Waals surface area (Å²) >= 11 is 1.75. The van der Waals surface area contributed by atoms with E-state index in [1.807, 2.05) is 24.3 Å². The van der Waals surface area contributed by atoms with Gasteiger partial charge in [0, 0.05) is 34.9 Å². The van der Waals surface area contributed by atoms with Crippen molar-refractivity contribution in [2.24, 2.45) is 0 Å². The Balaban J connectivity index is 1.45. The Hall–Kier alpha value is -2.79. The Morgan fingerprint density at radius 1 is 0.889 bits per heavy atom. The summed E-state index contributed by atoms with van der Waals surface area (Å²) in [7, 11) is 0. The molecule has 5 heteroatoms. The maximum atomic E-state index is 13.7. The lowest BCUT2D eigenvalue weighted by Gasteiger charge is -2.32. The van der Waals surface area contributed by atoms with E-state index in [0.717, 1.165) is 11.4 Å². The smallest absolute Gasteiger partial charge is 0.222 e. The molecule has 3 aromatic carbocycles. The van der Waals surface area contributed by atoms with Crippen LogP contribution in [0.5, 0.6) is 0 Å². The standard InChI is InChI=1S/C22H19FN2OS/c23-17-8-2-1-7-16(17)15-24-22(26)13-14-25-18-9-3-5-11-20(18)27-21-12-6-4-10-19(21)25/h1-12H,13-15H2,(H,24,26). The largest absolute Gasteiger partial charge is 0.352 e. The highest BCUT2D eigenvalue weighted by Crippen LogP contribution is 2.47. The molecular formula is C22H19FN2OS. The first-order valence-electron chi connectivity index (χ1n) is 8.86. The summed E-state index contributed by atoms with van der Waals surface area (Å²) in [6, 6.07) is 22.9. The molecule has 0 fully saturated rings. The lowest BCUT2D eigenvalue weighted by Crippen LogP contribution is -2.29. The minimum absolute atomic E-state index is 0.0913. The molecule has 0 saturated heterocycles. The van der Waals surface area contributed by atoms with Crippen LogP contribution in [-0.4, -0.2) is 12.5 Å². The van der Waals surface area contributed by atoms with Crippen LogP contribution in [0.25, 0.3) is 0 Å². The number of nitrogens with one attached hydrogen (secondary N) is 1. The zero-order chi connectivity index (χ0) is 18.6. The molecule has 3 aromatic rings. The molecule has 4 rings (SSSR count). The number of para-hydroxylation sites is 2. The molecule has 0 spiro atoms. The van der Waals surface area contributed by atoms with Crippen LogP contribution < -0.4 is 10.2 Å². The first-order valence-corrected chi connectivity index (χ1v) is 9.67. The van der Waals surface area contributed by atoms with Gasteiger partial charge >= 0.3 is 0 Å². The van der Waals surface area contributed by atoms with Crippen molar-refractivity contribution in [3.63, 3.8) is 0 Å². The van der Waals surface area contributed by atoms with E-state index in [9.17, 15) is 9.18 Å². The van der Waals surface area contributed by atoms with Gasteiger partial charge in [-0.2, -0.15) is 0 Å². The van der Waals surface area contributed by atoms with Gasteiger partial charge in [0.1, 0.15) is 5.82 Å². The quantitative estimate of drug-likeness (QED) is 0.668. The van der Waals surface area contributed by atoms with Crippen LogP contribution in [0.1, 0.15) is 12.0 Å². The van der Waals surface area contributed by atoms with Gasteiger partial charge in [-0.15, -0.1) is 0 Å². The monoisotopic (exact) mass is 378 g/mol. The summed E-state index contributed by atoms with van der Waals surface area (Å²) in [5.74, 6) is -0.389. The molecule has 0 saturated carbocycles. The highest BCUT2D eigenvalue weighted by atomic mass is 32.2. The lowest BCUT2D eigenvalue weighted by atomic mass is 10.2. The summed E-state index contributed by atoms with van der Waals surface area (Å²) in [6.07, 6.45) is 0.335. The molecule has 1 heterocycles. The number of hydrogen-bond acceptors (Lipinski definition) is 3. The second-order valence-electron chi connectivity index (χ2n) is 6.31. The number of nitrogens with zero attached hydrogens (tertiary/aromatic N) is 1. The topological polar surface area (TPSA) is 32.3 Å². The first-order chi connectivity index (χ1) is 13.2. The molecule has 0 radical (unpaired) electrons. The number of rotatable bonds is 5. The van der Waals surface area contributed by atoms with Crippen molar-refractivity contribution < 1.29 is 9.18 Å². The third-order valence-electron chi connectivity index (χ3n) is 4.53. The van der Waals surface area contributed by atoms with Crippen molar-refractivity contribution in [1.82, 2.24) is 5.32 Å². The number of fused-ring (bicyclic) bond motifs is 2. The average Bonchev–Trinajstić information content (AvgIpc) is 2.70. The van der Waals surface area contributed by atoms with E-state index in [-0.39, 0.29) is 18.3 Å². The van der Waals surface area contributed by atoms with E-state index in [4.69, 9.17) is 0 Å². The van der Waals surface area contributed by atoms with E-state index in [1.165, 1.54) is 15.9 Å². The molecule has 0 atom stereocenters. The van der Waals surface area contributed by atoms with Gasteiger partial charge in [-0.3, -0.25) is 4.79 Å². The Labute approximate surface area is 162 Å². The van der Waals surface area contributed by atoms with Gasteiger partial charge < -0.3 is 10.2 Å². The fraction of sp³-hybridized carbons (Fsp3) is 0.136. The predicted octanol–water partition coefficient (Wildman–Crippen LogP) is 5.13. The number of carbonyl (C=O) groups excluding carboxylic acids is 1. The van der Waals surface area contributed by atoms with E-state index >= 15 is 0 Å². The average molecular weight is 378 g/mol. The summed E-state index contributed by atoms with van der Waals surface area (Å²) < 4.78 is 13.7. The van der Waals surface area contributed by atoms with Gasteiger partial charge in [-0.1, -0.05) is 54.2 Å². The molecule has 136 valence electrons. The molecular weight excluding hydrogens is 359 g/mol. The fourth-order valence-corrected chi connectivity index (χ4v) is 4.26. The third-order valence-corrected chi connectivity index (χ3v) is 5.66. The Bertz CT molecular complexity index is 930. The minimum Gasteiger partial charge on any atom is -0.352 e. The molecule has 1 aliphatic heterocycles. The van der Waals surface area contributed by atoms with Crippen molar-refractivity contribution in [3.8, 4) is 0 Å². The Morgan fingerprint density at radius 2 is 1.48 bits per heavy atom. The number of anilines is 2. The highest BCUT2D eigenvalue weighted by molar-refractivity contribution is 7.99. The van der Waals surface area contributed by atoms with Crippen molar-refractivity contribution >= 4 is 29.0 Å². The fourth-order valence-electron chi connectivity index (χ4n) is 3.16. The molecule has 0 bridgehead atoms. The van der Waals surface area contributed by atoms with E-state index in [2.05, 4.69) is 34.5 Å². The van der Waals surface area contributed by atoms with Crippen LogP contribution in [0.2, 0.25) is 0 Å². The highest BCUT2D eigenvalue weighted by Gasteiger charge is 2.23. The van der Waals surface area contributed by atoms with E-state index in [1.54, 1.807) is 30.0 Å². The molecule has 1 aliphatic rings. The lowest BCUT2D eigenvalue weighted by molar-refractivity contribution is -0.121. The predicted molar refractivity (Wildman–Crippen MR) is 107 cm³/mol. The van der Waals surface area contributed by atoms with Gasteiger partial charge in [0.15, 0.2) is 0 Å². The Kier molecular flexibility index (Phi) is 5.12. The molecule has 1 N–H and O–H groups in total. The first kappa shape index (κ1) is 17.6. The van der Waals surface area contributed by atoms with Crippen LogP contribution in [-0.2, 0) is 11.3 Å².